The Hall–Kier alpha value is -2.71. The molecule has 1 aliphatic carbocycles. The summed E-state index contributed by atoms with van der Waals surface area (Å²) in [6.45, 7) is 1.98. The minimum atomic E-state index is -3.85. The third-order valence-corrected chi connectivity index (χ3v) is 8.10. The molecule has 1 aromatic heterocycles. The van der Waals surface area contributed by atoms with Gasteiger partial charge in [0, 0.05) is 5.03 Å². The van der Waals surface area contributed by atoms with E-state index in [1.54, 1.807) is 30.4 Å². The molecule has 1 aliphatic heterocycles. The second kappa shape index (κ2) is 9.42. The van der Waals surface area contributed by atoms with Gasteiger partial charge in [-0.05, 0) is 61.1 Å². The number of benzene rings is 1. The first-order valence-electron chi connectivity index (χ1n) is 10.5. The molecule has 0 bridgehead atoms. The van der Waals surface area contributed by atoms with E-state index in [0.717, 1.165) is 5.56 Å². The summed E-state index contributed by atoms with van der Waals surface area (Å²) in [6.07, 6.45) is 5.82. The fourth-order valence-electron chi connectivity index (χ4n) is 4.10. The number of rotatable bonds is 6. The van der Waals surface area contributed by atoms with Gasteiger partial charge in [0.05, 0.1) is 29.4 Å². The van der Waals surface area contributed by atoms with E-state index < -0.39 is 22.2 Å². The van der Waals surface area contributed by atoms with Crippen molar-refractivity contribution in [1.29, 1.82) is 0 Å². The number of halogens is 1. The van der Waals surface area contributed by atoms with Gasteiger partial charge in [-0.2, -0.15) is 0 Å². The first kappa shape index (κ1) is 22.5. The first-order valence-corrected chi connectivity index (χ1v) is 12.3. The fourth-order valence-corrected chi connectivity index (χ4v) is 6.45. The van der Waals surface area contributed by atoms with Gasteiger partial charge in [0.15, 0.2) is 0 Å². The molecule has 0 saturated carbocycles. The van der Waals surface area contributed by atoms with Crippen LogP contribution in [-0.4, -0.2) is 27.2 Å². The van der Waals surface area contributed by atoms with Crippen LogP contribution in [0.15, 0.2) is 69.2 Å². The maximum absolute atomic E-state index is 13.8. The van der Waals surface area contributed by atoms with Crippen molar-refractivity contribution in [3.63, 3.8) is 0 Å². The number of amides is 1. The molecule has 2 unspecified atom stereocenters. The van der Waals surface area contributed by atoms with Crippen LogP contribution in [0.2, 0.25) is 0 Å². The molecule has 4 rings (SSSR count). The lowest BCUT2D eigenvalue weighted by Crippen LogP contribution is -2.48. The van der Waals surface area contributed by atoms with Crippen molar-refractivity contribution in [2.45, 2.75) is 38.8 Å². The Labute approximate surface area is 192 Å². The summed E-state index contributed by atoms with van der Waals surface area (Å²) in [5.41, 5.74) is 1.57. The van der Waals surface area contributed by atoms with Crippen LogP contribution >= 0.6 is 11.6 Å². The number of allylic oxidation sites excluding steroid dienone is 4. The maximum atomic E-state index is 13.8. The third kappa shape index (κ3) is 4.71. The predicted octanol–water partition coefficient (Wildman–Crippen LogP) is 4.70. The predicted molar refractivity (Wildman–Crippen MR) is 123 cm³/mol. The molecule has 2 atom stereocenters. The first-order chi connectivity index (χ1) is 15.4. The smallest absolute Gasteiger partial charge is 0.407 e. The molecule has 170 valence electrons. The van der Waals surface area contributed by atoms with E-state index in [1.165, 1.54) is 10.6 Å². The molecule has 1 amide bonds. The van der Waals surface area contributed by atoms with Gasteiger partial charge in [-0.15, -0.1) is 0 Å². The van der Waals surface area contributed by atoms with E-state index in [1.807, 2.05) is 25.1 Å². The largest absolute Gasteiger partial charge is 0.467 e. The Bertz CT molecular complexity index is 1140. The molecule has 1 aromatic carbocycles. The summed E-state index contributed by atoms with van der Waals surface area (Å²) in [5, 5.41) is 3.24. The van der Waals surface area contributed by atoms with Crippen molar-refractivity contribution in [3.05, 3.63) is 76.1 Å². The highest BCUT2D eigenvalue weighted by molar-refractivity contribution is 7.96. The van der Waals surface area contributed by atoms with Crippen LogP contribution in [0, 0.1) is 5.92 Å². The van der Waals surface area contributed by atoms with Gasteiger partial charge in [0.2, 0.25) is 0 Å². The van der Waals surface area contributed by atoms with Gasteiger partial charge < -0.3 is 14.5 Å². The van der Waals surface area contributed by atoms with Gasteiger partial charge in [0.25, 0.3) is 10.0 Å². The van der Waals surface area contributed by atoms with E-state index >= 15 is 0 Å². The molecule has 2 heterocycles. The number of carbonyl (C=O) groups is 1. The Morgan fingerprint density at radius 1 is 1.25 bits per heavy atom. The molecular formula is C23H25ClN2O5S. The van der Waals surface area contributed by atoms with Crippen LogP contribution in [0.1, 0.15) is 31.1 Å². The molecule has 0 fully saturated rings. The zero-order valence-corrected chi connectivity index (χ0v) is 19.2. The van der Waals surface area contributed by atoms with Gasteiger partial charge in [0.1, 0.15) is 12.4 Å². The van der Waals surface area contributed by atoms with Gasteiger partial charge in [-0.1, -0.05) is 36.7 Å². The Morgan fingerprint density at radius 2 is 2.06 bits per heavy atom. The number of hydrogen-bond acceptors (Lipinski definition) is 5. The lowest BCUT2D eigenvalue weighted by atomic mass is 9.98. The molecule has 0 spiro atoms. The number of para-hydroxylation sites is 1. The molecule has 9 heteroatoms. The van der Waals surface area contributed by atoms with E-state index in [2.05, 4.69) is 5.32 Å². The SMILES string of the molecule is CC1CC(Cl)=CC=C1S(=O)(=O)N1c2ccccc2CCC1COC(=O)NCc1ccco1. The van der Waals surface area contributed by atoms with Crippen LogP contribution in [0.4, 0.5) is 10.5 Å². The van der Waals surface area contributed by atoms with Crippen LogP contribution in [-0.2, 0) is 27.7 Å². The molecule has 2 aromatic rings. The zero-order valence-electron chi connectivity index (χ0n) is 17.7. The average Bonchev–Trinajstić information content (AvgIpc) is 3.29. The monoisotopic (exact) mass is 476 g/mol. The average molecular weight is 477 g/mol. The number of nitrogens with one attached hydrogen (secondary N) is 1. The van der Waals surface area contributed by atoms with Crippen molar-refractivity contribution in [3.8, 4) is 0 Å². The molecule has 0 radical (unpaired) electrons. The van der Waals surface area contributed by atoms with Crippen molar-refractivity contribution in [2.75, 3.05) is 10.9 Å². The van der Waals surface area contributed by atoms with Crippen molar-refractivity contribution in [1.82, 2.24) is 5.32 Å². The number of aryl methyl sites for hydroxylation is 1. The Kier molecular flexibility index (Phi) is 6.62. The summed E-state index contributed by atoms with van der Waals surface area (Å²) < 4.78 is 39.6. The molecule has 7 nitrogen and oxygen atoms in total. The van der Waals surface area contributed by atoms with Crippen LogP contribution < -0.4 is 9.62 Å². The maximum Gasteiger partial charge on any atom is 0.407 e. The zero-order chi connectivity index (χ0) is 22.7. The van der Waals surface area contributed by atoms with Gasteiger partial charge in [-0.3, -0.25) is 4.31 Å². The summed E-state index contributed by atoms with van der Waals surface area (Å²) in [4.78, 5) is 12.5. The van der Waals surface area contributed by atoms with Crippen LogP contribution in [0.5, 0.6) is 0 Å². The molecule has 32 heavy (non-hydrogen) atoms. The van der Waals surface area contributed by atoms with Gasteiger partial charge >= 0.3 is 6.09 Å². The van der Waals surface area contributed by atoms with Crippen molar-refractivity contribution in [2.24, 2.45) is 5.92 Å². The minimum Gasteiger partial charge on any atom is -0.467 e. The van der Waals surface area contributed by atoms with Crippen LogP contribution in [0.3, 0.4) is 0 Å². The second-order valence-corrected chi connectivity index (χ2v) is 10.2. The highest BCUT2D eigenvalue weighted by Gasteiger charge is 2.39. The summed E-state index contributed by atoms with van der Waals surface area (Å²) >= 11 is 6.11. The highest BCUT2D eigenvalue weighted by atomic mass is 35.5. The number of sulfonamides is 1. The highest BCUT2D eigenvalue weighted by Crippen LogP contribution is 2.39. The number of hydrogen-bond donors (Lipinski definition) is 1. The molecule has 2 aliphatic rings. The van der Waals surface area contributed by atoms with E-state index in [-0.39, 0.29) is 19.1 Å². The summed E-state index contributed by atoms with van der Waals surface area (Å²) in [6, 6.07) is 10.4. The molecule has 1 N–H and O–H groups in total. The topological polar surface area (TPSA) is 88.8 Å². The third-order valence-electron chi connectivity index (χ3n) is 5.67. The Morgan fingerprint density at radius 3 is 2.81 bits per heavy atom. The fraction of sp³-hybridized carbons (Fsp3) is 0.348. The number of anilines is 1. The quantitative estimate of drug-likeness (QED) is 0.652. The molecular weight excluding hydrogens is 452 g/mol. The van der Waals surface area contributed by atoms with Crippen molar-refractivity contribution >= 4 is 33.4 Å². The second-order valence-electron chi connectivity index (χ2n) is 7.94. The van der Waals surface area contributed by atoms with E-state index in [9.17, 15) is 13.2 Å². The lowest BCUT2D eigenvalue weighted by Gasteiger charge is -2.39. The van der Waals surface area contributed by atoms with Crippen molar-refractivity contribution < 1.29 is 22.4 Å². The number of ether oxygens (including phenoxy) is 1. The standard InChI is InChI=1S/C23H25ClN2O5S/c1-16-13-18(24)9-11-22(16)32(28,29)26-19(10-8-17-5-2-3-7-21(17)26)15-31-23(27)25-14-20-6-4-12-30-20/h2-7,9,11-12,16,19H,8,10,13-15H2,1H3,(H,25,27). The number of nitrogens with zero attached hydrogens (tertiary/aromatic N) is 1. The summed E-state index contributed by atoms with van der Waals surface area (Å²) in [7, 11) is -3.85. The molecule has 0 saturated heterocycles. The number of carbonyl (C=O) groups excluding carboxylic acids is 1. The van der Waals surface area contributed by atoms with Crippen LogP contribution in [0.25, 0.3) is 0 Å². The van der Waals surface area contributed by atoms with E-state index in [0.29, 0.717) is 40.6 Å². The Balaban J connectivity index is 1.56. The summed E-state index contributed by atoms with van der Waals surface area (Å²) in [5.74, 6) is 0.354. The van der Waals surface area contributed by atoms with Gasteiger partial charge in [-0.25, -0.2) is 13.2 Å². The van der Waals surface area contributed by atoms with E-state index in [4.69, 9.17) is 20.8 Å². The normalized spacial score (nSPS) is 20.8. The minimum absolute atomic E-state index is 0.0597. The number of furan rings is 1. The number of alkyl carbamates (subject to hydrolysis) is 1. The lowest BCUT2D eigenvalue weighted by molar-refractivity contribution is 0.136. The number of fused-ring (bicyclic) bond motifs is 1.